The molecule has 2 atom stereocenters. The maximum absolute atomic E-state index is 3.02. The van der Waals surface area contributed by atoms with Crippen molar-refractivity contribution in [3.8, 4) is 0 Å². The topological polar surface area (TPSA) is 3.24 Å². The number of hydrogen-bond donors (Lipinski definition) is 0. The van der Waals surface area contributed by atoms with Crippen LogP contribution in [0.5, 0.6) is 0 Å². The highest BCUT2D eigenvalue weighted by Crippen LogP contribution is 2.67. The number of hydrogen-bond acceptors (Lipinski definition) is 1. The minimum absolute atomic E-state index is 0.0717. The fraction of sp³-hybridized carbons (Fsp3) is 0.500. The minimum Gasteiger partial charge on any atom is -0.252 e. The molecule has 27 heavy (non-hydrogen) atoms. The molecule has 0 radical (unpaired) electrons. The summed E-state index contributed by atoms with van der Waals surface area (Å²) in [6.45, 7) is 8.43. The molecule has 3 rings (SSSR count). The lowest BCUT2D eigenvalue weighted by Gasteiger charge is -2.42. The van der Waals surface area contributed by atoms with Gasteiger partial charge in [0.1, 0.15) is 0 Å². The second-order valence-corrected chi connectivity index (χ2v) is 12.7. The average Bonchev–Trinajstić information content (AvgIpc) is 3.15. The van der Waals surface area contributed by atoms with E-state index in [4.69, 9.17) is 0 Å². The summed E-state index contributed by atoms with van der Waals surface area (Å²) < 4.78 is 3.02. The Hall–Kier alpha value is -0.740. The first-order valence-electron chi connectivity index (χ1n) is 10.8. The van der Waals surface area contributed by atoms with Crippen LogP contribution in [0.15, 0.2) is 60.7 Å². The van der Waals surface area contributed by atoms with E-state index in [-0.39, 0.29) is 8.07 Å². The van der Waals surface area contributed by atoms with Crippen molar-refractivity contribution in [3.05, 3.63) is 60.7 Å². The van der Waals surface area contributed by atoms with Gasteiger partial charge in [-0.15, -0.1) is 0 Å². The van der Waals surface area contributed by atoms with Crippen molar-refractivity contribution in [1.82, 2.24) is 4.44 Å². The molecule has 0 spiro atoms. The van der Waals surface area contributed by atoms with Crippen LogP contribution in [0.4, 0.5) is 0 Å². The Labute approximate surface area is 169 Å². The zero-order chi connectivity index (χ0) is 19.1. The van der Waals surface area contributed by atoms with E-state index in [0.717, 1.165) is 11.3 Å². The lowest BCUT2D eigenvalue weighted by molar-refractivity contribution is 0.627. The van der Waals surface area contributed by atoms with Crippen molar-refractivity contribution in [2.45, 2.75) is 70.6 Å². The first kappa shape index (κ1) is 21.0. The third kappa shape index (κ3) is 5.00. The lowest BCUT2D eigenvalue weighted by Crippen LogP contribution is -2.29. The van der Waals surface area contributed by atoms with Crippen LogP contribution < -0.4 is 10.6 Å². The average molecular weight is 399 g/mol. The van der Waals surface area contributed by atoms with E-state index in [9.17, 15) is 0 Å². The number of nitrogens with zero attached hydrogens (tertiary/aromatic N) is 1. The second-order valence-electron chi connectivity index (χ2n) is 7.51. The summed E-state index contributed by atoms with van der Waals surface area (Å²) in [6, 6.07) is 22.7. The first-order valence-corrected chi connectivity index (χ1v) is 13.5. The van der Waals surface area contributed by atoms with Crippen molar-refractivity contribution in [2.24, 2.45) is 0 Å². The lowest BCUT2D eigenvalue weighted by atomic mass is 10.1. The van der Waals surface area contributed by atoms with Crippen LogP contribution in [-0.2, 0) is 0 Å². The molecule has 0 unspecified atom stereocenters. The van der Waals surface area contributed by atoms with Crippen molar-refractivity contribution in [1.29, 1.82) is 0 Å². The quantitative estimate of drug-likeness (QED) is 0.415. The molecule has 1 fully saturated rings. The van der Waals surface area contributed by atoms with Crippen molar-refractivity contribution in [2.75, 3.05) is 6.54 Å². The van der Waals surface area contributed by atoms with Crippen LogP contribution in [0, 0.1) is 0 Å². The third-order valence-electron chi connectivity index (χ3n) is 5.73. The summed E-state index contributed by atoms with van der Waals surface area (Å²) in [7, 11) is -0.511. The van der Waals surface area contributed by atoms with Gasteiger partial charge in [0.05, 0.1) is 0 Å². The molecule has 0 amide bonds. The molecule has 3 heteroatoms. The molecule has 2 aromatic rings. The summed E-state index contributed by atoms with van der Waals surface area (Å²) >= 11 is 0. The van der Waals surface area contributed by atoms with Gasteiger partial charge in [-0.1, -0.05) is 87.9 Å². The molecular formula is C24H35NP2. The Morgan fingerprint density at radius 1 is 0.815 bits per heavy atom. The molecule has 0 aromatic heterocycles. The molecule has 1 aliphatic heterocycles. The highest BCUT2D eigenvalue weighted by atomic mass is 31.2. The standard InChI is InChI=1S/C24H35NP2/c1-4-7-20-25(26-21(5-2)18-19-22(26)6-3)27(23-14-10-8-11-15-23)24-16-12-9-13-17-24/h8-17,21-22H,4-7,18-20H2,1-3H3/t21-,22-/m1/s1. The van der Waals surface area contributed by atoms with E-state index in [1.807, 2.05) is 0 Å². The van der Waals surface area contributed by atoms with Gasteiger partial charge in [0, 0.05) is 14.6 Å². The van der Waals surface area contributed by atoms with Crippen LogP contribution in [0.3, 0.4) is 0 Å². The van der Waals surface area contributed by atoms with Gasteiger partial charge in [-0.25, -0.2) is 0 Å². The van der Waals surface area contributed by atoms with Crippen molar-refractivity contribution >= 4 is 26.8 Å². The predicted octanol–water partition coefficient (Wildman–Crippen LogP) is 6.88. The van der Waals surface area contributed by atoms with Crippen LogP contribution >= 0.6 is 16.1 Å². The fourth-order valence-electron chi connectivity index (χ4n) is 4.28. The number of unbranched alkanes of at least 4 members (excludes halogenated alkanes) is 1. The van der Waals surface area contributed by atoms with E-state index in [2.05, 4.69) is 85.9 Å². The van der Waals surface area contributed by atoms with E-state index >= 15 is 0 Å². The number of rotatable bonds is 9. The zero-order valence-electron chi connectivity index (χ0n) is 17.2. The van der Waals surface area contributed by atoms with Crippen molar-refractivity contribution < 1.29 is 0 Å². The van der Waals surface area contributed by atoms with Crippen LogP contribution in [-0.4, -0.2) is 22.3 Å². The Kier molecular flexibility index (Phi) is 8.32. The van der Waals surface area contributed by atoms with Crippen molar-refractivity contribution in [3.63, 3.8) is 0 Å². The Morgan fingerprint density at radius 3 is 1.70 bits per heavy atom. The monoisotopic (exact) mass is 399 g/mol. The minimum atomic E-state index is -0.439. The molecule has 0 saturated carbocycles. The molecule has 1 heterocycles. The van der Waals surface area contributed by atoms with E-state index < -0.39 is 8.07 Å². The summed E-state index contributed by atoms with van der Waals surface area (Å²) in [4.78, 5) is 0. The van der Waals surface area contributed by atoms with E-state index in [0.29, 0.717) is 0 Å². The molecule has 0 bridgehead atoms. The normalized spacial score (nSPS) is 20.6. The molecule has 1 saturated heterocycles. The van der Waals surface area contributed by atoms with Gasteiger partial charge in [0.25, 0.3) is 0 Å². The summed E-state index contributed by atoms with van der Waals surface area (Å²) in [5, 5.41) is 3.04. The highest BCUT2D eigenvalue weighted by molar-refractivity contribution is 7.79. The largest absolute Gasteiger partial charge is 0.252 e. The summed E-state index contributed by atoms with van der Waals surface area (Å²) in [6.07, 6.45) is 8.16. The molecule has 146 valence electrons. The van der Waals surface area contributed by atoms with Gasteiger partial charge < -0.3 is 0 Å². The maximum atomic E-state index is 3.02. The van der Waals surface area contributed by atoms with E-state index in [1.54, 1.807) is 0 Å². The van der Waals surface area contributed by atoms with Crippen LogP contribution in [0.25, 0.3) is 0 Å². The van der Waals surface area contributed by atoms with Gasteiger partial charge >= 0.3 is 0 Å². The first-order chi connectivity index (χ1) is 13.3. The van der Waals surface area contributed by atoms with Crippen LogP contribution in [0.1, 0.15) is 59.3 Å². The smallest absolute Gasteiger partial charge is 0.0318 e. The van der Waals surface area contributed by atoms with Gasteiger partial charge in [-0.3, -0.25) is 4.44 Å². The van der Waals surface area contributed by atoms with Gasteiger partial charge in [-0.05, 0) is 62.1 Å². The SMILES string of the molecule is CCCCN(P(c1ccccc1)c1ccccc1)P1[C@H](CC)CC[C@H]1CC. The molecule has 2 aromatic carbocycles. The van der Waals surface area contributed by atoms with Gasteiger partial charge in [0.2, 0.25) is 0 Å². The van der Waals surface area contributed by atoms with Gasteiger partial charge in [0.15, 0.2) is 0 Å². The molecule has 1 aliphatic rings. The second kappa shape index (κ2) is 10.7. The Morgan fingerprint density at radius 2 is 1.30 bits per heavy atom. The predicted molar refractivity (Wildman–Crippen MR) is 125 cm³/mol. The molecule has 1 nitrogen and oxygen atoms in total. The third-order valence-corrected chi connectivity index (χ3v) is 12.6. The number of benzene rings is 2. The molecule has 0 aliphatic carbocycles. The molecular weight excluding hydrogens is 364 g/mol. The van der Waals surface area contributed by atoms with Gasteiger partial charge in [-0.2, -0.15) is 0 Å². The molecule has 0 N–H and O–H groups in total. The fourth-order valence-corrected chi connectivity index (χ4v) is 12.0. The summed E-state index contributed by atoms with van der Waals surface area (Å²) in [5.41, 5.74) is 1.83. The summed E-state index contributed by atoms with van der Waals surface area (Å²) in [5.74, 6) is 0. The maximum Gasteiger partial charge on any atom is 0.0318 e. The van der Waals surface area contributed by atoms with E-state index in [1.165, 1.54) is 55.7 Å². The Bertz CT molecular complexity index is 609. The Balaban J connectivity index is 2.05. The van der Waals surface area contributed by atoms with Crippen LogP contribution in [0.2, 0.25) is 0 Å². The zero-order valence-corrected chi connectivity index (χ0v) is 19.0. The highest BCUT2D eigenvalue weighted by Gasteiger charge is 2.41.